The fourth-order valence-corrected chi connectivity index (χ4v) is 3.19. The van der Waals surface area contributed by atoms with Crippen LogP contribution in [0.2, 0.25) is 0 Å². The summed E-state index contributed by atoms with van der Waals surface area (Å²) in [7, 11) is 1.91. The second-order valence-corrected chi connectivity index (χ2v) is 5.90. The summed E-state index contributed by atoms with van der Waals surface area (Å²) in [5.41, 5.74) is 2.49. The van der Waals surface area contributed by atoms with E-state index in [1.807, 2.05) is 72.4 Å². The Labute approximate surface area is 144 Å². The van der Waals surface area contributed by atoms with Crippen molar-refractivity contribution in [2.45, 2.75) is 6.04 Å². The molecule has 4 rings (SSSR count). The van der Waals surface area contributed by atoms with Crippen LogP contribution in [0.15, 0.2) is 65.9 Å². The van der Waals surface area contributed by atoms with E-state index in [2.05, 4.69) is 10.4 Å². The number of nitrogens with zero attached hydrogens (tertiary/aromatic N) is 3. The van der Waals surface area contributed by atoms with Crippen molar-refractivity contribution in [2.75, 3.05) is 0 Å². The number of aryl methyl sites for hydroxylation is 1. The number of para-hydroxylation sites is 1. The van der Waals surface area contributed by atoms with Gasteiger partial charge in [-0.25, -0.2) is 5.01 Å². The standard InChI is InChI=1S/C19H16N4O2/c1-22-11-15(14-9-5-6-10-16(14)22)17-19(25)20-18(21-23(17)12-24)13-7-3-2-4-8-13/h2-12,17H,1H3,(H,20,21,25)/t17-/m0/s1. The van der Waals surface area contributed by atoms with Crippen LogP contribution in [0.5, 0.6) is 0 Å². The van der Waals surface area contributed by atoms with Gasteiger partial charge in [0.15, 0.2) is 11.9 Å². The molecule has 0 unspecified atom stereocenters. The van der Waals surface area contributed by atoms with Crippen LogP contribution in [0.3, 0.4) is 0 Å². The van der Waals surface area contributed by atoms with Gasteiger partial charge in [-0.2, -0.15) is 5.10 Å². The summed E-state index contributed by atoms with van der Waals surface area (Å²) in [6.45, 7) is 0. The van der Waals surface area contributed by atoms with Crippen LogP contribution in [-0.4, -0.2) is 27.7 Å². The van der Waals surface area contributed by atoms with E-state index in [0.717, 1.165) is 22.0 Å². The average molecular weight is 332 g/mol. The number of rotatable bonds is 3. The van der Waals surface area contributed by atoms with E-state index < -0.39 is 6.04 Å². The average Bonchev–Trinajstić information content (AvgIpc) is 2.98. The summed E-state index contributed by atoms with van der Waals surface area (Å²) >= 11 is 0. The number of amidine groups is 1. The van der Waals surface area contributed by atoms with Crippen molar-refractivity contribution in [3.05, 3.63) is 71.9 Å². The van der Waals surface area contributed by atoms with Gasteiger partial charge in [0.1, 0.15) is 0 Å². The predicted molar refractivity (Wildman–Crippen MR) is 94.7 cm³/mol. The first-order valence-corrected chi connectivity index (χ1v) is 7.91. The highest BCUT2D eigenvalue weighted by Crippen LogP contribution is 2.31. The minimum atomic E-state index is -0.795. The number of carbonyl (C=O) groups excluding carboxylic acids is 2. The van der Waals surface area contributed by atoms with Gasteiger partial charge < -0.3 is 9.88 Å². The van der Waals surface area contributed by atoms with Crippen molar-refractivity contribution in [3.63, 3.8) is 0 Å². The second-order valence-electron chi connectivity index (χ2n) is 5.90. The van der Waals surface area contributed by atoms with Gasteiger partial charge in [0.2, 0.25) is 6.41 Å². The van der Waals surface area contributed by atoms with Crippen LogP contribution in [-0.2, 0) is 16.6 Å². The number of aromatic nitrogens is 1. The van der Waals surface area contributed by atoms with Crippen LogP contribution in [0.1, 0.15) is 17.2 Å². The molecule has 1 atom stereocenters. The fraction of sp³-hybridized carbons (Fsp3) is 0.105. The zero-order chi connectivity index (χ0) is 17.4. The van der Waals surface area contributed by atoms with Crippen molar-refractivity contribution in [1.82, 2.24) is 14.9 Å². The van der Waals surface area contributed by atoms with Gasteiger partial charge in [-0.1, -0.05) is 48.5 Å². The van der Waals surface area contributed by atoms with Crippen LogP contribution in [0.25, 0.3) is 10.9 Å². The van der Waals surface area contributed by atoms with E-state index in [0.29, 0.717) is 12.2 Å². The molecule has 2 heterocycles. The molecule has 0 spiro atoms. The Kier molecular flexibility index (Phi) is 3.57. The van der Waals surface area contributed by atoms with E-state index in [1.54, 1.807) is 0 Å². The predicted octanol–water partition coefficient (Wildman–Crippen LogP) is 2.17. The Morgan fingerprint density at radius 3 is 2.56 bits per heavy atom. The quantitative estimate of drug-likeness (QED) is 0.747. The van der Waals surface area contributed by atoms with E-state index in [4.69, 9.17) is 0 Å². The number of hydrogen-bond acceptors (Lipinski definition) is 3. The molecule has 0 bridgehead atoms. The van der Waals surface area contributed by atoms with E-state index in [9.17, 15) is 9.59 Å². The monoisotopic (exact) mass is 332 g/mol. The summed E-state index contributed by atoms with van der Waals surface area (Å²) in [5, 5.41) is 9.27. The molecule has 25 heavy (non-hydrogen) atoms. The Bertz CT molecular complexity index is 991. The molecule has 6 nitrogen and oxygen atoms in total. The highest BCUT2D eigenvalue weighted by atomic mass is 16.2. The van der Waals surface area contributed by atoms with Crippen LogP contribution >= 0.6 is 0 Å². The molecule has 0 fully saturated rings. The van der Waals surface area contributed by atoms with Gasteiger partial charge in [0.05, 0.1) is 0 Å². The highest BCUT2D eigenvalue weighted by molar-refractivity contribution is 6.11. The number of hydrazone groups is 1. The summed E-state index contributed by atoms with van der Waals surface area (Å²) in [6, 6.07) is 16.2. The lowest BCUT2D eigenvalue weighted by molar-refractivity contribution is -0.133. The molecule has 1 aliphatic heterocycles. The first-order chi connectivity index (χ1) is 12.2. The smallest absolute Gasteiger partial charge is 0.255 e. The van der Waals surface area contributed by atoms with E-state index >= 15 is 0 Å². The minimum absolute atomic E-state index is 0.280. The number of nitrogens with one attached hydrogen (secondary N) is 1. The normalized spacial score (nSPS) is 17.3. The van der Waals surface area contributed by atoms with E-state index in [-0.39, 0.29) is 5.91 Å². The number of benzene rings is 2. The van der Waals surface area contributed by atoms with Gasteiger partial charge in [0.25, 0.3) is 5.91 Å². The zero-order valence-corrected chi connectivity index (χ0v) is 13.6. The molecule has 0 radical (unpaired) electrons. The topological polar surface area (TPSA) is 66.7 Å². The van der Waals surface area contributed by atoms with Crippen LogP contribution < -0.4 is 5.32 Å². The van der Waals surface area contributed by atoms with Crippen molar-refractivity contribution < 1.29 is 9.59 Å². The third-order valence-corrected chi connectivity index (χ3v) is 4.35. The molecule has 0 saturated heterocycles. The third kappa shape index (κ3) is 2.48. The molecule has 2 aromatic carbocycles. The Balaban J connectivity index is 1.81. The summed E-state index contributed by atoms with van der Waals surface area (Å²) in [5.74, 6) is 0.0893. The summed E-state index contributed by atoms with van der Waals surface area (Å²) in [4.78, 5) is 24.4. The van der Waals surface area contributed by atoms with Gasteiger partial charge >= 0.3 is 0 Å². The SMILES string of the molecule is Cn1cc([C@H]2C(=O)NC(c3ccccc3)=NN2C=O)c2ccccc21. The number of fused-ring (bicyclic) bond motifs is 1. The Morgan fingerprint density at radius 1 is 1.08 bits per heavy atom. The lowest BCUT2D eigenvalue weighted by atomic mass is 10.0. The minimum Gasteiger partial charge on any atom is -0.350 e. The first-order valence-electron chi connectivity index (χ1n) is 7.91. The van der Waals surface area contributed by atoms with Crippen LogP contribution in [0, 0.1) is 0 Å². The molecular weight excluding hydrogens is 316 g/mol. The van der Waals surface area contributed by atoms with Crippen molar-refractivity contribution >= 4 is 29.1 Å². The maximum absolute atomic E-state index is 12.8. The van der Waals surface area contributed by atoms with Gasteiger partial charge in [-0.15, -0.1) is 0 Å². The highest BCUT2D eigenvalue weighted by Gasteiger charge is 2.34. The van der Waals surface area contributed by atoms with Gasteiger partial charge in [-0.05, 0) is 6.07 Å². The number of amides is 2. The molecule has 6 heteroatoms. The van der Waals surface area contributed by atoms with Crippen LogP contribution in [0.4, 0.5) is 0 Å². The van der Waals surface area contributed by atoms with Gasteiger partial charge in [-0.3, -0.25) is 9.59 Å². The molecule has 2 amide bonds. The molecule has 1 aromatic heterocycles. The number of hydrogen-bond donors (Lipinski definition) is 1. The van der Waals surface area contributed by atoms with Crippen molar-refractivity contribution in [1.29, 1.82) is 0 Å². The maximum Gasteiger partial charge on any atom is 0.255 e. The number of carbonyl (C=O) groups is 2. The fourth-order valence-electron chi connectivity index (χ4n) is 3.19. The maximum atomic E-state index is 12.8. The molecule has 124 valence electrons. The Hall–Kier alpha value is -3.41. The molecule has 0 saturated carbocycles. The largest absolute Gasteiger partial charge is 0.350 e. The Morgan fingerprint density at radius 2 is 1.80 bits per heavy atom. The summed E-state index contributed by atoms with van der Waals surface area (Å²) in [6.07, 6.45) is 2.46. The van der Waals surface area contributed by atoms with Gasteiger partial charge in [0, 0.05) is 35.3 Å². The molecule has 0 aliphatic carbocycles. The first kappa shape index (κ1) is 15.1. The zero-order valence-electron chi connectivity index (χ0n) is 13.6. The second kappa shape index (κ2) is 5.90. The molecular formula is C19H16N4O2. The molecule has 3 aromatic rings. The van der Waals surface area contributed by atoms with Crippen molar-refractivity contribution in [2.24, 2.45) is 12.1 Å². The van der Waals surface area contributed by atoms with E-state index in [1.165, 1.54) is 5.01 Å². The molecule has 1 aliphatic rings. The lowest BCUT2D eigenvalue weighted by Gasteiger charge is -2.28. The third-order valence-electron chi connectivity index (χ3n) is 4.35. The lowest BCUT2D eigenvalue weighted by Crippen LogP contribution is -2.46. The molecule has 1 N–H and O–H groups in total. The van der Waals surface area contributed by atoms with Crippen molar-refractivity contribution in [3.8, 4) is 0 Å². The summed E-state index contributed by atoms with van der Waals surface area (Å²) < 4.78 is 1.94.